The third-order valence-corrected chi connectivity index (χ3v) is 5.44. The third kappa shape index (κ3) is 3.96. The molecule has 0 atom stereocenters. The van der Waals surface area contributed by atoms with Gasteiger partial charge in [0, 0.05) is 27.9 Å². The Morgan fingerprint density at radius 3 is 2.73 bits per heavy atom. The van der Waals surface area contributed by atoms with E-state index in [0.717, 1.165) is 28.9 Å². The van der Waals surface area contributed by atoms with Gasteiger partial charge in [0.25, 0.3) is 0 Å². The Kier molecular flexibility index (Phi) is 5.72. The van der Waals surface area contributed by atoms with Crippen LogP contribution >= 0.6 is 22.9 Å². The zero-order valence-corrected chi connectivity index (χ0v) is 16.2. The summed E-state index contributed by atoms with van der Waals surface area (Å²) in [7, 11) is 0. The molecule has 0 spiro atoms. The van der Waals surface area contributed by atoms with Gasteiger partial charge in [0.05, 0.1) is 5.69 Å². The summed E-state index contributed by atoms with van der Waals surface area (Å²) in [4.78, 5) is 4.62. The number of allylic oxidation sites excluding steroid dienone is 1. The Balaban J connectivity index is 1.83. The highest BCUT2D eigenvalue weighted by molar-refractivity contribution is 7.11. The molecule has 0 saturated heterocycles. The van der Waals surface area contributed by atoms with Crippen molar-refractivity contribution >= 4 is 34.2 Å². The fourth-order valence-corrected chi connectivity index (χ4v) is 3.47. The molecule has 0 amide bonds. The molecular weight excluding hydrogens is 362 g/mol. The fourth-order valence-electron chi connectivity index (χ4n) is 2.50. The molecular formula is C21H18ClN3S. The molecule has 0 aliphatic rings. The molecule has 0 aliphatic carbocycles. The third-order valence-electron chi connectivity index (χ3n) is 4.15. The highest BCUT2D eigenvalue weighted by Crippen LogP contribution is 2.27. The topological polar surface area (TPSA) is 48.7 Å². The Bertz CT molecular complexity index is 981. The van der Waals surface area contributed by atoms with Gasteiger partial charge in [0.15, 0.2) is 0 Å². The van der Waals surface area contributed by atoms with Crippen molar-refractivity contribution in [3.63, 3.8) is 0 Å². The lowest BCUT2D eigenvalue weighted by molar-refractivity contribution is 1.14. The summed E-state index contributed by atoms with van der Waals surface area (Å²) in [5, 5.41) is 16.0. The number of benzene rings is 2. The molecule has 1 heterocycles. The van der Waals surface area contributed by atoms with Crippen LogP contribution in [-0.4, -0.2) is 4.98 Å². The highest BCUT2D eigenvalue weighted by Gasteiger charge is 2.09. The van der Waals surface area contributed by atoms with Crippen molar-refractivity contribution < 1.29 is 0 Å². The number of halogens is 1. The molecule has 130 valence electrons. The minimum Gasteiger partial charge on any atom is -0.360 e. The van der Waals surface area contributed by atoms with Crippen LogP contribution in [0.1, 0.15) is 23.1 Å². The second-order valence-electron chi connectivity index (χ2n) is 5.81. The molecule has 0 saturated carbocycles. The summed E-state index contributed by atoms with van der Waals surface area (Å²) < 4.78 is 0. The fraction of sp³-hybridized carbons (Fsp3) is 0.143. The quantitative estimate of drug-likeness (QED) is 0.528. The normalized spacial score (nSPS) is 11.2. The predicted molar refractivity (Wildman–Crippen MR) is 110 cm³/mol. The highest BCUT2D eigenvalue weighted by atomic mass is 35.5. The molecule has 0 fully saturated rings. The van der Waals surface area contributed by atoms with E-state index in [0.29, 0.717) is 15.6 Å². The Hall–Kier alpha value is -2.61. The number of nitriles is 1. The molecule has 3 aromatic rings. The molecule has 5 heteroatoms. The molecule has 2 aromatic carbocycles. The van der Waals surface area contributed by atoms with Gasteiger partial charge in [-0.3, -0.25) is 0 Å². The average Bonchev–Trinajstić information content (AvgIpc) is 3.15. The zero-order chi connectivity index (χ0) is 18.5. The van der Waals surface area contributed by atoms with E-state index in [4.69, 9.17) is 11.6 Å². The molecule has 0 unspecified atom stereocenters. The van der Waals surface area contributed by atoms with Crippen LogP contribution in [0.4, 0.5) is 5.69 Å². The summed E-state index contributed by atoms with van der Waals surface area (Å²) >= 11 is 7.60. The van der Waals surface area contributed by atoms with Gasteiger partial charge in [0.2, 0.25) is 0 Å². The van der Waals surface area contributed by atoms with Gasteiger partial charge < -0.3 is 5.32 Å². The standard InChI is InChI=1S/C21H18ClN3S/c1-3-15-7-9-16(10-8-15)20-13-26-21(25-20)17(11-23)12-24-19-6-4-5-18(22)14(19)2/h4-10,12-13,24H,3H2,1-2H3/b17-12+. The van der Waals surface area contributed by atoms with Gasteiger partial charge in [-0.2, -0.15) is 5.26 Å². The molecule has 0 bridgehead atoms. The number of aryl methyl sites for hydroxylation is 1. The molecule has 1 aromatic heterocycles. The average molecular weight is 380 g/mol. The van der Waals surface area contributed by atoms with Crippen LogP contribution in [0.5, 0.6) is 0 Å². The van der Waals surface area contributed by atoms with Crippen LogP contribution in [0.15, 0.2) is 54.0 Å². The van der Waals surface area contributed by atoms with Crippen LogP contribution < -0.4 is 5.32 Å². The van der Waals surface area contributed by atoms with Gasteiger partial charge in [-0.1, -0.05) is 48.9 Å². The van der Waals surface area contributed by atoms with E-state index in [2.05, 4.69) is 47.6 Å². The first-order chi connectivity index (χ1) is 12.6. The molecule has 26 heavy (non-hydrogen) atoms. The molecule has 1 N–H and O–H groups in total. The van der Waals surface area contributed by atoms with Crippen molar-refractivity contribution in [3.8, 4) is 17.3 Å². The van der Waals surface area contributed by atoms with Gasteiger partial charge in [-0.05, 0) is 36.6 Å². The van der Waals surface area contributed by atoms with Gasteiger partial charge in [0.1, 0.15) is 16.6 Å². The summed E-state index contributed by atoms with van der Waals surface area (Å²) in [6.45, 7) is 4.07. The number of hydrogen-bond acceptors (Lipinski definition) is 4. The minimum atomic E-state index is 0.491. The van der Waals surface area contributed by atoms with Crippen LogP contribution in [0.2, 0.25) is 5.02 Å². The second-order valence-corrected chi connectivity index (χ2v) is 7.08. The smallest absolute Gasteiger partial charge is 0.136 e. The van der Waals surface area contributed by atoms with Crippen molar-refractivity contribution in [1.82, 2.24) is 4.98 Å². The first-order valence-electron chi connectivity index (χ1n) is 8.29. The largest absolute Gasteiger partial charge is 0.360 e. The van der Waals surface area contributed by atoms with Crippen molar-refractivity contribution in [3.05, 3.63) is 75.2 Å². The van der Waals surface area contributed by atoms with Crippen molar-refractivity contribution in [2.75, 3.05) is 5.32 Å². The lowest BCUT2D eigenvalue weighted by Gasteiger charge is -2.07. The number of nitrogens with one attached hydrogen (secondary N) is 1. The molecule has 0 aliphatic heterocycles. The Labute approximate surface area is 162 Å². The Morgan fingerprint density at radius 2 is 2.04 bits per heavy atom. The number of hydrogen-bond donors (Lipinski definition) is 1. The van der Waals surface area contributed by atoms with E-state index in [-0.39, 0.29) is 0 Å². The maximum absolute atomic E-state index is 9.51. The lowest BCUT2D eigenvalue weighted by Crippen LogP contribution is -1.94. The van der Waals surface area contributed by atoms with Crippen molar-refractivity contribution in [2.45, 2.75) is 20.3 Å². The van der Waals surface area contributed by atoms with E-state index >= 15 is 0 Å². The number of nitrogens with zero attached hydrogens (tertiary/aromatic N) is 2. The summed E-state index contributed by atoms with van der Waals surface area (Å²) in [6.07, 6.45) is 2.69. The summed E-state index contributed by atoms with van der Waals surface area (Å²) in [6, 6.07) is 16.2. The SMILES string of the molecule is CCc1ccc(-c2csc(/C(C#N)=C/Nc3cccc(Cl)c3C)n2)cc1. The number of aromatic nitrogens is 1. The van der Waals surface area contributed by atoms with E-state index in [1.165, 1.54) is 16.9 Å². The number of thiazole rings is 1. The summed E-state index contributed by atoms with van der Waals surface area (Å²) in [5.74, 6) is 0. The first-order valence-corrected chi connectivity index (χ1v) is 9.55. The van der Waals surface area contributed by atoms with Crippen LogP contribution in [-0.2, 0) is 6.42 Å². The zero-order valence-electron chi connectivity index (χ0n) is 14.6. The Morgan fingerprint density at radius 1 is 1.27 bits per heavy atom. The summed E-state index contributed by atoms with van der Waals surface area (Å²) in [5.41, 5.74) is 5.54. The molecule has 3 nitrogen and oxygen atoms in total. The van der Waals surface area contributed by atoms with Gasteiger partial charge >= 0.3 is 0 Å². The minimum absolute atomic E-state index is 0.491. The number of rotatable bonds is 5. The van der Waals surface area contributed by atoms with E-state index in [9.17, 15) is 5.26 Å². The maximum Gasteiger partial charge on any atom is 0.136 e. The monoisotopic (exact) mass is 379 g/mol. The van der Waals surface area contributed by atoms with Crippen LogP contribution in [0, 0.1) is 18.3 Å². The number of anilines is 1. The first kappa shape index (κ1) is 18.2. The van der Waals surface area contributed by atoms with Crippen LogP contribution in [0.25, 0.3) is 16.8 Å². The maximum atomic E-state index is 9.51. The molecule has 0 radical (unpaired) electrons. The van der Waals surface area contributed by atoms with Crippen LogP contribution in [0.3, 0.4) is 0 Å². The van der Waals surface area contributed by atoms with Gasteiger partial charge in [-0.15, -0.1) is 11.3 Å². The van der Waals surface area contributed by atoms with Crippen molar-refractivity contribution in [2.24, 2.45) is 0 Å². The van der Waals surface area contributed by atoms with E-state index in [1.54, 1.807) is 6.20 Å². The van der Waals surface area contributed by atoms with E-state index in [1.807, 2.05) is 30.5 Å². The van der Waals surface area contributed by atoms with E-state index < -0.39 is 0 Å². The molecule has 3 rings (SSSR count). The van der Waals surface area contributed by atoms with Crippen molar-refractivity contribution in [1.29, 1.82) is 5.26 Å². The second kappa shape index (κ2) is 8.18. The van der Waals surface area contributed by atoms with Gasteiger partial charge in [-0.25, -0.2) is 4.98 Å². The lowest BCUT2D eigenvalue weighted by atomic mass is 10.1. The predicted octanol–water partition coefficient (Wildman–Crippen LogP) is 6.31.